The summed E-state index contributed by atoms with van der Waals surface area (Å²) >= 11 is 0. The van der Waals surface area contributed by atoms with Crippen LogP contribution in [0.25, 0.3) is 11.5 Å². The number of carbonyl (C=O) groups is 2. The van der Waals surface area contributed by atoms with Gasteiger partial charge in [0.15, 0.2) is 11.5 Å². The summed E-state index contributed by atoms with van der Waals surface area (Å²) in [5.74, 6) is -0.522. The first-order chi connectivity index (χ1) is 20.6. The third-order valence-electron chi connectivity index (χ3n) is 8.17. The van der Waals surface area contributed by atoms with E-state index < -0.39 is 11.9 Å². The molecule has 0 atom stereocenters. The molecule has 0 amide bonds. The van der Waals surface area contributed by atoms with Gasteiger partial charge in [-0.25, -0.2) is 9.59 Å². The summed E-state index contributed by atoms with van der Waals surface area (Å²) in [7, 11) is 0. The van der Waals surface area contributed by atoms with Crippen LogP contribution in [-0.2, 0) is 9.47 Å². The molecule has 4 aromatic rings. The molecule has 4 rings (SSSR count). The van der Waals surface area contributed by atoms with E-state index in [1.165, 1.54) is 0 Å². The Bertz CT molecular complexity index is 1620. The number of carbonyl (C=O) groups excluding carboxylic acids is 2. The summed E-state index contributed by atoms with van der Waals surface area (Å²) in [6.07, 6.45) is 0. The van der Waals surface area contributed by atoms with Crippen molar-refractivity contribution < 1.29 is 19.1 Å². The first-order valence-corrected chi connectivity index (χ1v) is 15.1. The zero-order valence-electron chi connectivity index (χ0n) is 28.3. The summed E-state index contributed by atoms with van der Waals surface area (Å²) in [4.78, 5) is 28.3. The van der Waals surface area contributed by atoms with Crippen molar-refractivity contribution >= 4 is 23.5 Å². The smallest absolute Gasteiger partial charge is 0.344 e. The van der Waals surface area contributed by atoms with Crippen LogP contribution in [0.4, 0.5) is 0 Å². The standard InChI is InChI=1S/C40H44O4/c1-21-13-25(5)33(26(6)14-21)37(43-39(41)35-29(9)17-23(3)18-30(35)10)38(34-27(7)15-22(2)16-28(34)8)44-40(42)36-31(11)19-24(4)20-32(36)12/h13-20H,1-12H3/b38-37-. The lowest BCUT2D eigenvalue weighted by atomic mass is 9.93. The number of rotatable bonds is 6. The maximum absolute atomic E-state index is 14.1. The van der Waals surface area contributed by atoms with Crippen molar-refractivity contribution in [1.29, 1.82) is 0 Å². The highest BCUT2D eigenvalue weighted by atomic mass is 16.6. The lowest BCUT2D eigenvalue weighted by molar-refractivity contribution is 0.0644. The van der Waals surface area contributed by atoms with Crippen molar-refractivity contribution in [2.45, 2.75) is 83.1 Å². The minimum absolute atomic E-state index is 0.232. The van der Waals surface area contributed by atoms with Gasteiger partial charge in [0.2, 0.25) is 0 Å². The Labute approximate surface area is 262 Å². The lowest BCUT2D eigenvalue weighted by Crippen LogP contribution is -2.16. The first kappa shape index (κ1) is 32.5. The van der Waals surface area contributed by atoms with Crippen molar-refractivity contribution in [3.05, 3.63) is 138 Å². The first-order valence-electron chi connectivity index (χ1n) is 15.1. The van der Waals surface area contributed by atoms with E-state index in [-0.39, 0.29) is 11.5 Å². The Kier molecular flexibility index (Phi) is 9.34. The fourth-order valence-electron chi connectivity index (χ4n) is 6.79. The predicted octanol–water partition coefficient (Wildman–Crippen LogP) is 9.93. The Morgan fingerprint density at radius 1 is 0.341 bits per heavy atom. The van der Waals surface area contributed by atoms with E-state index in [0.29, 0.717) is 11.1 Å². The monoisotopic (exact) mass is 588 g/mol. The quantitative estimate of drug-likeness (QED) is 0.128. The van der Waals surface area contributed by atoms with Crippen LogP contribution in [0.3, 0.4) is 0 Å². The van der Waals surface area contributed by atoms with Crippen LogP contribution in [0, 0.1) is 83.1 Å². The molecule has 0 aromatic heterocycles. The highest BCUT2D eigenvalue weighted by Crippen LogP contribution is 2.38. The molecule has 0 aliphatic rings. The van der Waals surface area contributed by atoms with E-state index in [0.717, 1.165) is 77.9 Å². The summed E-state index contributed by atoms with van der Waals surface area (Å²) in [6.45, 7) is 23.7. The predicted molar refractivity (Wildman–Crippen MR) is 180 cm³/mol. The average molecular weight is 589 g/mol. The topological polar surface area (TPSA) is 52.6 Å². The molecule has 4 aromatic carbocycles. The van der Waals surface area contributed by atoms with E-state index >= 15 is 0 Å². The van der Waals surface area contributed by atoms with Gasteiger partial charge in [-0.3, -0.25) is 0 Å². The zero-order valence-corrected chi connectivity index (χ0v) is 28.3. The van der Waals surface area contributed by atoms with Crippen molar-refractivity contribution in [2.24, 2.45) is 0 Å². The second kappa shape index (κ2) is 12.7. The van der Waals surface area contributed by atoms with E-state index in [4.69, 9.17) is 9.47 Å². The molecule has 4 heteroatoms. The summed E-state index contributed by atoms with van der Waals surface area (Å²) < 4.78 is 12.9. The maximum atomic E-state index is 14.1. The third kappa shape index (κ3) is 6.55. The molecule has 0 bridgehead atoms. The van der Waals surface area contributed by atoms with E-state index in [2.05, 4.69) is 24.3 Å². The highest BCUT2D eigenvalue weighted by molar-refractivity contribution is 6.03. The number of esters is 2. The Balaban J connectivity index is 2.09. The van der Waals surface area contributed by atoms with Crippen LogP contribution >= 0.6 is 0 Å². The van der Waals surface area contributed by atoms with Crippen molar-refractivity contribution in [1.82, 2.24) is 0 Å². The van der Waals surface area contributed by atoms with Crippen LogP contribution in [0.1, 0.15) is 98.6 Å². The molecule has 0 fully saturated rings. The van der Waals surface area contributed by atoms with Gasteiger partial charge in [-0.2, -0.15) is 0 Å². The van der Waals surface area contributed by atoms with Gasteiger partial charge >= 0.3 is 11.9 Å². The van der Waals surface area contributed by atoms with E-state index in [1.54, 1.807) is 0 Å². The largest absolute Gasteiger partial charge is 0.418 e. The van der Waals surface area contributed by atoms with E-state index in [9.17, 15) is 9.59 Å². The fraction of sp³-hybridized carbons (Fsp3) is 0.300. The minimum Gasteiger partial charge on any atom is -0.418 e. The molecule has 0 radical (unpaired) electrons. The van der Waals surface area contributed by atoms with Crippen LogP contribution in [0.2, 0.25) is 0 Å². The lowest BCUT2D eigenvalue weighted by Gasteiger charge is -2.23. The van der Waals surface area contributed by atoms with Crippen LogP contribution in [0.5, 0.6) is 0 Å². The number of hydrogen-bond donors (Lipinski definition) is 0. The van der Waals surface area contributed by atoms with Gasteiger partial charge in [0.25, 0.3) is 0 Å². The van der Waals surface area contributed by atoms with Gasteiger partial charge in [-0.15, -0.1) is 0 Å². The molecule has 4 nitrogen and oxygen atoms in total. The Hall–Kier alpha value is -4.44. The molecule has 0 heterocycles. The number of aryl methyl sites for hydroxylation is 12. The van der Waals surface area contributed by atoms with Gasteiger partial charge in [-0.1, -0.05) is 70.8 Å². The molecular weight excluding hydrogens is 544 g/mol. The Morgan fingerprint density at radius 3 is 0.727 bits per heavy atom. The van der Waals surface area contributed by atoms with Crippen LogP contribution < -0.4 is 0 Å². The van der Waals surface area contributed by atoms with Crippen LogP contribution in [0.15, 0.2) is 48.5 Å². The van der Waals surface area contributed by atoms with Crippen molar-refractivity contribution in [3.8, 4) is 0 Å². The van der Waals surface area contributed by atoms with Crippen molar-refractivity contribution in [2.75, 3.05) is 0 Å². The van der Waals surface area contributed by atoms with Gasteiger partial charge < -0.3 is 9.47 Å². The molecular formula is C40H44O4. The van der Waals surface area contributed by atoms with Crippen molar-refractivity contribution in [3.63, 3.8) is 0 Å². The highest BCUT2D eigenvalue weighted by Gasteiger charge is 2.29. The van der Waals surface area contributed by atoms with Crippen LogP contribution in [-0.4, -0.2) is 11.9 Å². The number of ether oxygens (including phenoxy) is 2. The molecule has 0 N–H and O–H groups in total. The third-order valence-corrected chi connectivity index (χ3v) is 8.17. The molecule has 0 aliphatic heterocycles. The van der Waals surface area contributed by atoms with Gasteiger partial charge in [0.1, 0.15) is 0 Å². The molecule has 44 heavy (non-hydrogen) atoms. The summed E-state index contributed by atoms with van der Waals surface area (Å²) in [5, 5.41) is 0. The second-order valence-corrected chi connectivity index (χ2v) is 12.5. The molecule has 0 saturated carbocycles. The second-order valence-electron chi connectivity index (χ2n) is 12.5. The van der Waals surface area contributed by atoms with E-state index in [1.807, 2.05) is 107 Å². The zero-order chi connectivity index (χ0) is 32.6. The maximum Gasteiger partial charge on any atom is 0.344 e. The molecule has 0 aliphatic carbocycles. The number of benzene rings is 4. The van der Waals surface area contributed by atoms with Gasteiger partial charge in [0, 0.05) is 11.1 Å². The molecule has 0 unspecified atom stereocenters. The molecule has 0 spiro atoms. The summed E-state index contributed by atoms with van der Waals surface area (Å²) in [5.41, 5.74) is 13.8. The number of hydrogen-bond acceptors (Lipinski definition) is 4. The van der Waals surface area contributed by atoms with Gasteiger partial charge in [-0.05, 0) is 128 Å². The average Bonchev–Trinajstić information content (AvgIpc) is 2.85. The summed E-state index contributed by atoms with van der Waals surface area (Å²) in [6, 6.07) is 16.1. The molecule has 228 valence electrons. The Morgan fingerprint density at radius 2 is 0.523 bits per heavy atom. The minimum atomic E-state index is -0.493. The van der Waals surface area contributed by atoms with Gasteiger partial charge in [0.05, 0.1) is 11.1 Å². The SMILES string of the molecule is Cc1cc(C)c(C(=O)O/C(=C(\OC(=O)c2c(C)cc(C)cc2C)c2c(C)cc(C)cc2C)c2c(C)cc(C)cc2C)c(C)c1. The normalized spacial score (nSPS) is 11.7. The fourth-order valence-corrected chi connectivity index (χ4v) is 6.79. The molecule has 0 saturated heterocycles.